The first kappa shape index (κ1) is 15.2. The van der Waals surface area contributed by atoms with Crippen LogP contribution in [0.3, 0.4) is 0 Å². The fraction of sp³-hybridized carbons (Fsp3) is 0.600. The zero-order valence-electron chi connectivity index (χ0n) is 7.43. The Morgan fingerprint density at radius 3 is 1.88 bits per heavy atom. The van der Waals surface area contributed by atoms with Crippen LogP contribution in [-0.4, -0.2) is 26.4 Å². The molecule has 11 heteroatoms. The molecular formula is C5H3Cl6N3OS. The molecule has 1 unspecified atom stereocenters. The molecule has 1 aliphatic heterocycles. The van der Waals surface area contributed by atoms with E-state index >= 15 is 0 Å². The van der Waals surface area contributed by atoms with Crippen molar-refractivity contribution < 1.29 is 4.18 Å². The highest BCUT2D eigenvalue weighted by Crippen LogP contribution is 2.34. The summed E-state index contributed by atoms with van der Waals surface area (Å²) in [5.41, 5.74) is 0. The molecule has 16 heavy (non-hydrogen) atoms. The van der Waals surface area contributed by atoms with Crippen molar-refractivity contribution >= 4 is 92.4 Å². The van der Waals surface area contributed by atoms with Gasteiger partial charge in [0.2, 0.25) is 0 Å². The van der Waals surface area contributed by atoms with Crippen LogP contribution in [0.1, 0.15) is 0 Å². The maximum atomic E-state index is 5.62. The lowest BCUT2D eigenvalue weighted by Crippen LogP contribution is -2.27. The average molecular weight is 366 g/mol. The standard InChI is InChI=1S/C5H3Cl6N3OS/c1-15-16-13-2(4(6,7)8)12-3(14-16)5(9,10)11/h1H3. The summed E-state index contributed by atoms with van der Waals surface area (Å²) in [4.78, 5) is 3.76. The minimum absolute atomic E-state index is 0.140. The van der Waals surface area contributed by atoms with E-state index < -0.39 is 18.7 Å². The van der Waals surface area contributed by atoms with Gasteiger partial charge in [-0.1, -0.05) is 69.6 Å². The van der Waals surface area contributed by atoms with E-state index in [1.807, 2.05) is 0 Å². The van der Waals surface area contributed by atoms with E-state index in [0.29, 0.717) is 0 Å². The van der Waals surface area contributed by atoms with Crippen LogP contribution in [0.2, 0.25) is 0 Å². The van der Waals surface area contributed by atoms with E-state index in [-0.39, 0.29) is 11.7 Å². The van der Waals surface area contributed by atoms with E-state index in [2.05, 4.69) is 13.8 Å². The molecule has 1 rings (SSSR count). The molecule has 0 N–H and O–H groups in total. The largest absolute Gasteiger partial charge is 0.292 e. The van der Waals surface area contributed by atoms with Crippen molar-refractivity contribution in [3.05, 3.63) is 0 Å². The number of hydrogen-bond acceptors (Lipinski definition) is 4. The highest BCUT2D eigenvalue weighted by atomic mass is 35.6. The number of alkyl halides is 6. The van der Waals surface area contributed by atoms with Crippen LogP contribution in [0, 0.1) is 0 Å². The van der Waals surface area contributed by atoms with Gasteiger partial charge in [-0.05, 0) is 0 Å². The zero-order valence-corrected chi connectivity index (χ0v) is 12.8. The van der Waals surface area contributed by atoms with Crippen molar-refractivity contribution in [2.24, 2.45) is 13.8 Å². The van der Waals surface area contributed by atoms with E-state index in [1.165, 1.54) is 7.11 Å². The number of aliphatic imine (C=N–C) groups is 1. The van der Waals surface area contributed by atoms with Gasteiger partial charge in [-0.15, -0.1) is 0 Å². The second kappa shape index (κ2) is 5.45. The van der Waals surface area contributed by atoms with Crippen LogP contribution in [0.5, 0.6) is 0 Å². The number of nitrogens with zero attached hydrogens (tertiary/aromatic N) is 3. The van der Waals surface area contributed by atoms with Crippen LogP contribution in [0.25, 0.3) is 0 Å². The molecule has 1 aliphatic rings. The van der Waals surface area contributed by atoms with Crippen molar-refractivity contribution in [3.63, 3.8) is 0 Å². The molecule has 0 aromatic carbocycles. The third-order valence-corrected chi connectivity index (χ3v) is 3.17. The third-order valence-electron chi connectivity index (χ3n) is 1.20. The van der Waals surface area contributed by atoms with E-state index in [1.54, 1.807) is 0 Å². The molecule has 0 bridgehead atoms. The predicted octanol–water partition coefficient (Wildman–Crippen LogP) is 3.82. The maximum Gasteiger partial charge on any atom is 0.250 e. The second-order valence-corrected chi connectivity index (χ2v) is 8.06. The van der Waals surface area contributed by atoms with Crippen molar-refractivity contribution in [1.29, 1.82) is 0 Å². The normalized spacial score (nSPS) is 22.3. The van der Waals surface area contributed by atoms with Gasteiger partial charge in [0.15, 0.2) is 22.8 Å². The number of amidine groups is 2. The molecule has 0 amide bonds. The Balaban J connectivity index is 3.21. The molecule has 1 heterocycles. The molecule has 4 nitrogen and oxygen atoms in total. The van der Waals surface area contributed by atoms with Gasteiger partial charge in [0.05, 0.1) is 7.11 Å². The molecule has 0 aromatic rings. The highest BCUT2D eigenvalue weighted by molar-refractivity contribution is 7.81. The molecule has 1 atom stereocenters. The summed E-state index contributed by atoms with van der Waals surface area (Å²) in [6.45, 7) is 0. The first-order chi connectivity index (χ1) is 7.14. The Morgan fingerprint density at radius 2 is 1.50 bits per heavy atom. The molecular weight excluding hydrogens is 363 g/mol. The molecule has 0 spiro atoms. The van der Waals surface area contributed by atoms with Crippen molar-refractivity contribution in [1.82, 2.24) is 0 Å². The Hall–Kier alpha value is 1.19. The molecule has 0 fully saturated rings. The van der Waals surface area contributed by atoms with Crippen LogP contribution >= 0.6 is 69.6 Å². The van der Waals surface area contributed by atoms with Gasteiger partial charge in [0.25, 0.3) is 7.59 Å². The summed E-state index contributed by atoms with van der Waals surface area (Å²) in [6.07, 6.45) is 0. The number of halogens is 6. The zero-order chi connectivity index (χ0) is 12.6. The van der Waals surface area contributed by atoms with Gasteiger partial charge >= 0.3 is 0 Å². The smallest absolute Gasteiger partial charge is 0.250 e. The second-order valence-electron chi connectivity index (χ2n) is 2.33. The van der Waals surface area contributed by atoms with Gasteiger partial charge < -0.3 is 0 Å². The molecule has 0 radical (unpaired) electrons. The summed E-state index contributed by atoms with van der Waals surface area (Å²) >= 11 is 32.5. The topological polar surface area (TPSA) is 46.3 Å². The lowest BCUT2D eigenvalue weighted by molar-refractivity contribution is 0.479. The van der Waals surface area contributed by atoms with Gasteiger partial charge in [-0.2, -0.15) is 8.76 Å². The summed E-state index contributed by atoms with van der Waals surface area (Å²) in [6, 6.07) is 0. The molecule has 0 aromatic heterocycles. The summed E-state index contributed by atoms with van der Waals surface area (Å²) < 4.78 is 8.88. The lowest BCUT2D eigenvalue weighted by Gasteiger charge is -2.18. The number of hydrogen-bond donors (Lipinski definition) is 0. The Bertz CT molecular complexity index is 366. The molecule has 0 saturated carbocycles. The van der Waals surface area contributed by atoms with Crippen LogP contribution < -0.4 is 0 Å². The van der Waals surface area contributed by atoms with Crippen molar-refractivity contribution in [2.45, 2.75) is 7.59 Å². The van der Waals surface area contributed by atoms with Crippen LogP contribution in [0.15, 0.2) is 13.8 Å². The third kappa shape index (κ3) is 4.14. The Labute approximate surface area is 124 Å². The lowest BCUT2D eigenvalue weighted by atomic mass is 10.6. The van der Waals surface area contributed by atoms with Crippen LogP contribution in [-0.2, 0) is 15.3 Å². The first-order valence-corrected chi connectivity index (χ1v) is 6.80. The summed E-state index contributed by atoms with van der Waals surface area (Å²) in [5, 5.41) is 0. The minimum atomic E-state index is -1.83. The van der Waals surface area contributed by atoms with Gasteiger partial charge in [0.1, 0.15) is 0 Å². The molecule has 0 saturated heterocycles. The Morgan fingerprint density at radius 1 is 1.00 bits per heavy atom. The maximum absolute atomic E-state index is 5.62. The molecule has 0 aliphatic carbocycles. The van der Waals surface area contributed by atoms with Crippen molar-refractivity contribution in [3.8, 4) is 0 Å². The van der Waals surface area contributed by atoms with Gasteiger partial charge in [0, 0.05) is 0 Å². The quantitative estimate of drug-likeness (QED) is 0.651. The monoisotopic (exact) mass is 363 g/mol. The highest BCUT2D eigenvalue weighted by Gasteiger charge is 2.36. The predicted molar refractivity (Wildman–Crippen MR) is 72.3 cm³/mol. The van der Waals surface area contributed by atoms with Gasteiger partial charge in [-0.25, -0.2) is 4.99 Å². The summed E-state index contributed by atoms with van der Waals surface area (Å²) in [5.74, 6) is -0.280. The summed E-state index contributed by atoms with van der Waals surface area (Å²) in [7, 11) is 1.37. The van der Waals surface area contributed by atoms with E-state index in [9.17, 15) is 0 Å². The average Bonchev–Trinajstić information content (AvgIpc) is 2.14. The van der Waals surface area contributed by atoms with Crippen LogP contribution in [0.4, 0.5) is 0 Å². The Kier molecular flexibility index (Phi) is 5.19. The SMILES string of the molecule is COS1=NC(C(Cl)(Cl)Cl)=NC(C(Cl)(Cl)Cl)=N1. The van der Waals surface area contributed by atoms with Gasteiger partial charge in [-0.3, -0.25) is 4.18 Å². The van der Waals surface area contributed by atoms with E-state index in [0.717, 1.165) is 0 Å². The minimum Gasteiger partial charge on any atom is -0.292 e. The van der Waals surface area contributed by atoms with E-state index in [4.69, 9.17) is 73.8 Å². The fourth-order valence-electron chi connectivity index (χ4n) is 0.614. The van der Waals surface area contributed by atoms with Crippen molar-refractivity contribution in [2.75, 3.05) is 7.11 Å². The molecule has 92 valence electrons. The number of rotatable bonds is 1. The fourth-order valence-corrected chi connectivity index (χ4v) is 2.26. The first-order valence-electron chi connectivity index (χ1n) is 3.47.